The van der Waals surface area contributed by atoms with Gasteiger partial charge in [0.1, 0.15) is 5.65 Å². The van der Waals surface area contributed by atoms with E-state index in [9.17, 15) is 0 Å². The molecular formula is C16H14N4S. The Morgan fingerprint density at radius 2 is 2.05 bits per heavy atom. The summed E-state index contributed by atoms with van der Waals surface area (Å²) in [6, 6.07) is 12.2. The van der Waals surface area contributed by atoms with Gasteiger partial charge >= 0.3 is 0 Å². The van der Waals surface area contributed by atoms with E-state index in [0.29, 0.717) is 0 Å². The molecule has 0 saturated carbocycles. The molecule has 3 aromatic heterocycles. The van der Waals surface area contributed by atoms with E-state index in [0.717, 1.165) is 33.3 Å². The van der Waals surface area contributed by atoms with Crippen LogP contribution in [0.25, 0.3) is 16.7 Å². The fraction of sp³-hybridized carbons (Fsp3) is 0.125. The Morgan fingerprint density at radius 3 is 2.90 bits per heavy atom. The number of hydrogen-bond acceptors (Lipinski definition) is 3. The number of fused-ring (bicyclic) bond motifs is 2. The first kappa shape index (κ1) is 12.5. The van der Waals surface area contributed by atoms with Crippen LogP contribution in [0.3, 0.4) is 0 Å². The first-order valence-electron chi connectivity index (χ1n) is 6.80. The van der Waals surface area contributed by atoms with Gasteiger partial charge in [0.2, 0.25) is 0 Å². The van der Waals surface area contributed by atoms with Crippen molar-refractivity contribution in [1.82, 2.24) is 19.4 Å². The van der Waals surface area contributed by atoms with Crippen LogP contribution in [0.15, 0.2) is 53.9 Å². The number of imidazole rings is 2. The minimum absolute atomic E-state index is 0.806. The fourth-order valence-corrected chi connectivity index (χ4v) is 3.18. The number of aromatic nitrogens is 4. The highest BCUT2D eigenvalue weighted by Gasteiger charge is 2.07. The molecule has 0 bridgehead atoms. The largest absolute Gasteiger partial charge is 0.333 e. The Bertz CT molecular complexity index is 889. The Hall–Kier alpha value is -2.27. The number of aromatic amines is 1. The van der Waals surface area contributed by atoms with Crippen LogP contribution in [0.2, 0.25) is 0 Å². The summed E-state index contributed by atoms with van der Waals surface area (Å²) in [5, 5.41) is 0.935. The molecule has 4 aromatic rings. The van der Waals surface area contributed by atoms with Crippen LogP contribution in [0.1, 0.15) is 11.3 Å². The molecule has 0 aliphatic carbocycles. The lowest BCUT2D eigenvalue weighted by molar-refractivity contribution is 1.07. The van der Waals surface area contributed by atoms with Crippen LogP contribution >= 0.6 is 11.8 Å². The maximum absolute atomic E-state index is 4.68. The zero-order valence-corrected chi connectivity index (χ0v) is 12.4. The molecule has 4 rings (SSSR count). The Kier molecular flexibility index (Phi) is 2.93. The maximum Gasteiger partial charge on any atom is 0.166 e. The van der Waals surface area contributed by atoms with Gasteiger partial charge in [0.05, 0.1) is 16.7 Å². The molecule has 4 nitrogen and oxygen atoms in total. The van der Waals surface area contributed by atoms with Crippen LogP contribution in [0, 0.1) is 6.92 Å². The molecule has 1 aromatic carbocycles. The van der Waals surface area contributed by atoms with E-state index >= 15 is 0 Å². The number of nitrogens with one attached hydrogen (secondary N) is 1. The van der Waals surface area contributed by atoms with Crippen molar-refractivity contribution in [2.24, 2.45) is 0 Å². The average Bonchev–Trinajstić information content (AvgIpc) is 3.09. The summed E-state index contributed by atoms with van der Waals surface area (Å²) in [4.78, 5) is 12.6. The molecule has 21 heavy (non-hydrogen) atoms. The van der Waals surface area contributed by atoms with Crippen molar-refractivity contribution >= 4 is 28.4 Å². The molecule has 104 valence electrons. The average molecular weight is 294 g/mol. The summed E-state index contributed by atoms with van der Waals surface area (Å²) in [5.41, 5.74) is 5.36. The van der Waals surface area contributed by atoms with E-state index in [1.165, 1.54) is 5.56 Å². The lowest BCUT2D eigenvalue weighted by Crippen LogP contribution is -1.84. The maximum atomic E-state index is 4.68. The number of nitrogens with zero attached hydrogens (tertiary/aromatic N) is 3. The van der Waals surface area contributed by atoms with E-state index in [2.05, 4.69) is 38.5 Å². The van der Waals surface area contributed by atoms with Gasteiger partial charge in [-0.3, -0.25) is 0 Å². The smallest absolute Gasteiger partial charge is 0.166 e. The van der Waals surface area contributed by atoms with Crippen LogP contribution in [-0.4, -0.2) is 19.4 Å². The molecule has 1 N–H and O–H groups in total. The summed E-state index contributed by atoms with van der Waals surface area (Å²) >= 11 is 1.68. The predicted octanol–water partition coefficient (Wildman–Crippen LogP) is 3.81. The zero-order chi connectivity index (χ0) is 14.2. The van der Waals surface area contributed by atoms with E-state index in [1.807, 2.05) is 36.5 Å². The van der Waals surface area contributed by atoms with E-state index in [1.54, 1.807) is 11.8 Å². The van der Waals surface area contributed by atoms with Crippen molar-refractivity contribution in [3.05, 3.63) is 60.0 Å². The van der Waals surface area contributed by atoms with Gasteiger partial charge < -0.3 is 9.38 Å². The van der Waals surface area contributed by atoms with E-state index in [-0.39, 0.29) is 0 Å². The SMILES string of the molecule is Cc1cccn2cc(CSc3nc4ccccc4[nH]3)nc12. The fourth-order valence-electron chi connectivity index (χ4n) is 2.41. The van der Waals surface area contributed by atoms with E-state index < -0.39 is 0 Å². The van der Waals surface area contributed by atoms with Crippen molar-refractivity contribution in [3.8, 4) is 0 Å². The number of aryl methyl sites for hydroxylation is 1. The van der Waals surface area contributed by atoms with Crippen LogP contribution < -0.4 is 0 Å². The number of benzene rings is 1. The minimum Gasteiger partial charge on any atom is -0.333 e. The zero-order valence-electron chi connectivity index (χ0n) is 11.6. The van der Waals surface area contributed by atoms with Crippen molar-refractivity contribution < 1.29 is 0 Å². The number of H-pyrrole nitrogens is 1. The Morgan fingerprint density at radius 1 is 1.14 bits per heavy atom. The Balaban J connectivity index is 1.58. The lowest BCUT2D eigenvalue weighted by atomic mass is 10.3. The van der Waals surface area contributed by atoms with Gasteiger partial charge in [-0.05, 0) is 30.7 Å². The molecule has 3 heterocycles. The second-order valence-corrected chi connectivity index (χ2v) is 5.97. The van der Waals surface area contributed by atoms with Gasteiger partial charge in [-0.2, -0.15) is 0 Å². The molecule has 0 amide bonds. The standard InChI is InChI=1S/C16H14N4S/c1-11-5-4-8-20-9-12(17-15(11)20)10-21-16-18-13-6-2-3-7-14(13)19-16/h2-9H,10H2,1H3,(H,18,19). The molecule has 0 radical (unpaired) electrons. The Labute approximate surface area is 126 Å². The summed E-state index contributed by atoms with van der Waals surface area (Å²) in [7, 11) is 0. The van der Waals surface area contributed by atoms with Gasteiger partial charge in [-0.15, -0.1) is 0 Å². The van der Waals surface area contributed by atoms with Gasteiger partial charge in [0.15, 0.2) is 5.16 Å². The topological polar surface area (TPSA) is 46.0 Å². The van der Waals surface area contributed by atoms with Crippen LogP contribution in [0.4, 0.5) is 0 Å². The van der Waals surface area contributed by atoms with Crippen molar-refractivity contribution in [1.29, 1.82) is 0 Å². The van der Waals surface area contributed by atoms with Gasteiger partial charge in [-0.1, -0.05) is 30.0 Å². The second-order valence-electron chi connectivity index (χ2n) is 5.00. The highest BCUT2D eigenvalue weighted by molar-refractivity contribution is 7.98. The van der Waals surface area contributed by atoms with Crippen molar-refractivity contribution in [3.63, 3.8) is 0 Å². The van der Waals surface area contributed by atoms with Gasteiger partial charge in [-0.25, -0.2) is 9.97 Å². The summed E-state index contributed by atoms with van der Waals surface area (Å²) in [6.45, 7) is 2.08. The number of hydrogen-bond donors (Lipinski definition) is 1. The predicted molar refractivity (Wildman–Crippen MR) is 85.6 cm³/mol. The highest BCUT2D eigenvalue weighted by Crippen LogP contribution is 2.23. The molecule has 0 atom stereocenters. The summed E-state index contributed by atoms with van der Waals surface area (Å²) < 4.78 is 2.07. The third-order valence-electron chi connectivity index (χ3n) is 3.45. The summed E-state index contributed by atoms with van der Waals surface area (Å²) in [6.07, 6.45) is 4.11. The summed E-state index contributed by atoms with van der Waals surface area (Å²) in [5.74, 6) is 0.806. The lowest BCUT2D eigenvalue weighted by Gasteiger charge is -1.94. The molecule has 5 heteroatoms. The molecule has 0 unspecified atom stereocenters. The number of pyridine rings is 1. The van der Waals surface area contributed by atoms with E-state index in [4.69, 9.17) is 0 Å². The van der Waals surface area contributed by atoms with Crippen LogP contribution in [0.5, 0.6) is 0 Å². The molecule has 0 saturated heterocycles. The van der Waals surface area contributed by atoms with Gasteiger partial charge in [0, 0.05) is 18.1 Å². The normalized spacial score (nSPS) is 11.5. The molecule has 0 fully saturated rings. The molecule has 0 aliphatic rings. The molecular weight excluding hydrogens is 280 g/mol. The first-order chi connectivity index (χ1) is 10.3. The van der Waals surface area contributed by atoms with Crippen molar-refractivity contribution in [2.45, 2.75) is 17.8 Å². The number of para-hydroxylation sites is 2. The van der Waals surface area contributed by atoms with Crippen LogP contribution in [-0.2, 0) is 5.75 Å². The molecule has 0 aliphatic heterocycles. The second kappa shape index (κ2) is 4.93. The van der Waals surface area contributed by atoms with Crippen molar-refractivity contribution in [2.75, 3.05) is 0 Å². The van der Waals surface area contributed by atoms with Gasteiger partial charge in [0.25, 0.3) is 0 Å². The molecule has 0 spiro atoms. The minimum atomic E-state index is 0.806. The third-order valence-corrected chi connectivity index (χ3v) is 4.36. The number of thioether (sulfide) groups is 1. The first-order valence-corrected chi connectivity index (χ1v) is 7.79. The quantitative estimate of drug-likeness (QED) is 0.584. The third kappa shape index (κ3) is 2.29. The highest BCUT2D eigenvalue weighted by atomic mass is 32.2. The number of rotatable bonds is 3. The monoisotopic (exact) mass is 294 g/mol.